The lowest BCUT2D eigenvalue weighted by atomic mass is 10.1. The number of nitrogens with one attached hydrogen (secondary N) is 1. The van der Waals surface area contributed by atoms with Crippen molar-refractivity contribution in [2.75, 3.05) is 32.8 Å². The Morgan fingerprint density at radius 2 is 1.76 bits per heavy atom. The number of hydrogen-bond acceptors (Lipinski definition) is 3. The monoisotopic (exact) mass is 304 g/mol. The van der Waals surface area contributed by atoms with Gasteiger partial charge in [0.2, 0.25) is 0 Å². The highest BCUT2D eigenvalue weighted by atomic mass is 19.4. The van der Waals surface area contributed by atoms with Gasteiger partial charge in [-0.1, -0.05) is 44.2 Å². The van der Waals surface area contributed by atoms with Gasteiger partial charge in [0.05, 0.1) is 6.61 Å². The number of ether oxygens (including phenoxy) is 1. The van der Waals surface area contributed by atoms with Gasteiger partial charge in [0.25, 0.3) is 0 Å². The summed E-state index contributed by atoms with van der Waals surface area (Å²) in [5.74, 6) is 0. The minimum absolute atomic E-state index is 0.145. The van der Waals surface area contributed by atoms with Crippen molar-refractivity contribution in [3.05, 3.63) is 35.9 Å². The van der Waals surface area contributed by atoms with E-state index in [2.05, 4.69) is 28.8 Å². The highest BCUT2D eigenvalue weighted by Gasteiger charge is 2.28. The van der Waals surface area contributed by atoms with Crippen LogP contribution in [0.3, 0.4) is 0 Å². The fraction of sp³-hybridized carbons (Fsp3) is 0.600. The predicted octanol–water partition coefficient (Wildman–Crippen LogP) is 3.20. The molecule has 0 saturated carbocycles. The molecule has 6 heteroatoms. The van der Waals surface area contributed by atoms with Gasteiger partial charge in [0.15, 0.2) is 0 Å². The number of alkyl halides is 3. The first-order valence-corrected chi connectivity index (χ1v) is 7.18. The molecule has 0 aromatic heterocycles. The Morgan fingerprint density at radius 1 is 1.14 bits per heavy atom. The Bertz CT molecular complexity index is 380. The Hall–Kier alpha value is -1.11. The number of hydrogen-bond donors (Lipinski definition) is 1. The molecule has 1 unspecified atom stereocenters. The largest absolute Gasteiger partial charge is 0.522 e. The number of halogens is 3. The summed E-state index contributed by atoms with van der Waals surface area (Å²) < 4.78 is 39.4. The quantitative estimate of drug-likeness (QED) is 0.709. The second kappa shape index (κ2) is 9.02. The van der Waals surface area contributed by atoms with E-state index in [1.165, 1.54) is 0 Å². The molecule has 0 aliphatic rings. The van der Waals surface area contributed by atoms with Crippen LogP contribution in [0.1, 0.15) is 25.5 Å². The first-order valence-electron chi connectivity index (χ1n) is 7.18. The topological polar surface area (TPSA) is 24.5 Å². The van der Waals surface area contributed by atoms with E-state index in [-0.39, 0.29) is 19.2 Å². The van der Waals surface area contributed by atoms with Crippen LogP contribution in [0.15, 0.2) is 30.3 Å². The summed E-state index contributed by atoms with van der Waals surface area (Å²) in [6.07, 6.45) is -4.56. The molecule has 3 nitrogen and oxygen atoms in total. The summed E-state index contributed by atoms with van der Waals surface area (Å²) >= 11 is 0. The fourth-order valence-electron chi connectivity index (χ4n) is 2.28. The average Bonchev–Trinajstić information content (AvgIpc) is 2.46. The van der Waals surface area contributed by atoms with Crippen LogP contribution in [0.5, 0.6) is 0 Å². The molecule has 1 aromatic carbocycles. The first kappa shape index (κ1) is 17.9. The van der Waals surface area contributed by atoms with Crippen molar-refractivity contribution < 1.29 is 17.9 Å². The van der Waals surface area contributed by atoms with E-state index in [1.54, 1.807) is 0 Å². The highest BCUT2D eigenvalue weighted by Crippen LogP contribution is 2.19. The Morgan fingerprint density at radius 3 is 2.29 bits per heavy atom. The van der Waals surface area contributed by atoms with Gasteiger partial charge in [0, 0.05) is 19.1 Å². The van der Waals surface area contributed by atoms with E-state index in [0.717, 1.165) is 18.7 Å². The van der Waals surface area contributed by atoms with E-state index < -0.39 is 6.36 Å². The summed E-state index contributed by atoms with van der Waals surface area (Å²) in [4.78, 5) is 2.27. The van der Waals surface area contributed by atoms with E-state index >= 15 is 0 Å². The van der Waals surface area contributed by atoms with Gasteiger partial charge in [-0.25, -0.2) is 0 Å². The highest BCUT2D eigenvalue weighted by molar-refractivity contribution is 5.19. The maximum Gasteiger partial charge on any atom is 0.522 e. The zero-order chi connectivity index (χ0) is 15.7. The normalized spacial score (nSPS) is 13.6. The van der Waals surface area contributed by atoms with Gasteiger partial charge in [-0.3, -0.25) is 9.64 Å². The molecule has 0 aliphatic carbocycles. The van der Waals surface area contributed by atoms with E-state index in [0.29, 0.717) is 6.54 Å². The first-order chi connectivity index (χ1) is 9.98. The van der Waals surface area contributed by atoms with Crippen molar-refractivity contribution in [3.8, 4) is 0 Å². The molecule has 0 spiro atoms. The average molecular weight is 304 g/mol. The predicted molar refractivity (Wildman–Crippen MR) is 77.0 cm³/mol. The Labute approximate surface area is 124 Å². The third kappa shape index (κ3) is 6.93. The van der Waals surface area contributed by atoms with Crippen molar-refractivity contribution in [2.45, 2.75) is 26.3 Å². The van der Waals surface area contributed by atoms with Crippen molar-refractivity contribution in [1.82, 2.24) is 10.2 Å². The van der Waals surface area contributed by atoms with Crippen molar-refractivity contribution in [3.63, 3.8) is 0 Å². The van der Waals surface area contributed by atoms with Gasteiger partial charge < -0.3 is 5.32 Å². The van der Waals surface area contributed by atoms with Gasteiger partial charge in [-0.05, 0) is 18.7 Å². The van der Waals surface area contributed by atoms with Gasteiger partial charge in [0.1, 0.15) is 0 Å². The molecule has 0 saturated heterocycles. The van der Waals surface area contributed by atoms with Crippen LogP contribution >= 0.6 is 0 Å². The Kier molecular flexibility index (Phi) is 7.71. The molecule has 21 heavy (non-hydrogen) atoms. The number of benzene rings is 1. The van der Waals surface area contributed by atoms with Crippen LogP contribution in [-0.4, -0.2) is 44.0 Å². The zero-order valence-corrected chi connectivity index (χ0v) is 12.5. The molecule has 0 bridgehead atoms. The molecular weight excluding hydrogens is 281 g/mol. The van der Waals surface area contributed by atoms with E-state index in [9.17, 15) is 13.2 Å². The zero-order valence-electron chi connectivity index (χ0n) is 12.5. The summed E-state index contributed by atoms with van der Waals surface area (Å²) in [7, 11) is 0. The van der Waals surface area contributed by atoms with E-state index in [1.807, 2.05) is 30.3 Å². The van der Waals surface area contributed by atoms with Gasteiger partial charge in [-0.15, -0.1) is 13.2 Å². The van der Waals surface area contributed by atoms with Crippen molar-refractivity contribution in [1.29, 1.82) is 0 Å². The van der Waals surface area contributed by atoms with E-state index in [4.69, 9.17) is 0 Å². The second-order valence-electron chi connectivity index (χ2n) is 4.65. The molecule has 120 valence electrons. The maximum atomic E-state index is 11.9. The maximum absolute atomic E-state index is 11.9. The summed E-state index contributed by atoms with van der Waals surface area (Å²) in [6.45, 7) is 6.31. The molecule has 1 N–H and O–H groups in total. The lowest BCUT2D eigenvalue weighted by molar-refractivity contribution is -0.323. The Balaban J connectivity index is 2.51. The lowest BCUT2D eigenvalue weighted by Crippen LogP contribution is -2.37. The molecule has 0 amide bonds. The minimum Gasteiger partial charge on any atom is -0.313 e. The molecule has 0 radical (unpaired) electrons. The van der Waals surface area contributed by atoms with Crippen LogP contribution < -0.4 is 5.32 Å². The molecule has 1 atom stereocenters. The fourth-order valence-corrected chi connectivity index (χ4v) is 2.28. The standard InChI is InChI=1S/C15H23F3N2O/c1-3-20(4-2)14(13-8-6-5-7-9-13)12-19-10-11-21-15(16,17)18/h5-9,14,19H,3-4,10-12H2,1-2H3. The molecule has 0 heterocycles. The smallest absolute Gasteiger partial charge is 0.313 e. The van der Waals surface area contributed by atoms with Crippen LogP contribution in [0.25, 0.3) is 0 Å². The third-order valence-corrected chi connectivity index (χ3v) is 3.32. The van der Waals surface area contributed by atoms with Gasteiger partial charge in [-0.2, -0.15) is 0 Å². The lowest BCUT2D eigenvalue weighted by Gasteiger charge is -2.30. The van der Waals surface area contributed by atoms with Crippen LogP contribution in [0, 0.1) is 0 Å². The van der Waals surface area contributed by atoms with Gasteiger partial charge >= 0.3 is 6.36 Å². The summed E-state index contributed by atoms with van der Waals surface area (Å²) in [5, 5.41) is 3.04. The molecule has 1 rings (SSSR count). The van der Waals surface area contributed by atoms with Crippen LogP contribution in [0.2, 0.25) is 0 Å². The molecular formula is C15H23F3N2O. The second-order valence-corrected chi connectivity index (χ2v) is 4.65. The number of rotatable bonds is 9. The molecule has 1 aromatic rings. The SMILES string of the molecule is CCN(CC)C(CNCCOC(F)(F)F)c1ccccc1. The molecule has 0 fully saturated rings. The number of likely N-dealkylation sites (N-methyl/N-ethyl adjacent to an activating group) is 1. The third-order valence-electron chi connectivity index (χ3n) is 3.32. The van der Waals surface area contributed by atoms with Crippen molar-refractivity contribution in [2.24, 2.45) is 0 Å². The number of nitrogens with zero attached hydrogens (tertiary/aromatic N) is 1. The minimum atomic E-state index is -4.56. The van der Waals surface area contributed by atoms with Crippen LogP contribution in [-0.2, 0) is 4.74 Å². The summed E-state index contributed by atoms with van der Waals surface area (Å²) in [6, 6.07) is 10.1. The molecule has 0 aliphatic heterocycles. The summed E-state index contributed by atoms with van der Waals surface area (Å²) in [5.41, 5.74) is 1.16. The van der Waals surface area contributed by atoms with Crippen molar-refractivity contribution >= 4 is 0 Å². The van der Waals surface area contributed by atoms with Crippen LogP contribution in [0.4, 0.5) is 13.2 Å².